The number of halogens is 3. The lowest BCUT2D eigenvalue weighted by Gasteiger charge is -2.26. The van der Waals surface area contributed by atoms with E-state index in [1.165, 1.54) is 0 Å². The van der Waals surface area contributed by atoms with Gasteiger partial charge in [0.2, 0.25) is 0 Å². The van der Waals surface area contributed by atoms with Crippen LogP contribution < -0.4 is 10.6 Å². The van der Waals surface area contributed by atoms with Gasteiger partial charge in [0.1, 0.15) is 11.6 Å². The van der Waals surface area contributed by atoms with Crippen LogP contribution in [0.1, 0.15) is 24.0 Å². The molecule has 28 heavy (non-hydrogen) atoms. The summed E-state index contributed by atoms with van der Waals surface area (Å²) in [5.41, 5.74) is 1.11. The molecule has 2 atom stereocenters. The first-order chi connectivity index (χ1) is 13.3. The molecule has 3 rings (SSSR count). The smallest absolute Gasteiger partial charge is 0.404 e. The maximum Gasteiger partial charge on any atom is 0.404 e. The molecule has 1 amide bonds. The maximum absolute atomic E-state index is 13.4. The second-order valence-electron chi connectivity index (χ2n) is 7.08. The average molecular weight is 455 g/mol. The number of hydrogen-bond donors (Lipinski definition) is 4. The zero-order chi connectivity index (χ0) is 20.3. The Labute approximate surface area is 169 Å². The lowest BCUT2D eigenvalue weighted by Crippen LogP contribution is -2.49. The van der Waals surface area contributed by atoms with Crippen LogP contribution in [0.3, 0.4) is 0 Å². The topological polar surface area (TPSA) is 81.6 Å². The lowest BCUT2D eigenvalue weighted by atomic mass is 9.99. The monoisotopic (exact) mass is 454 g/mol. The lowest BCUT2D eigenvalue weighted by molar-refractivity contribution is 0.114. The Bertz CT molecular complexity index is 841. The van der Waals surface area contributed by atoms with Crippen LogP contribution in [-0.2, 0) is 12.0 Å². The molecule has 4 N–H and O–H groups in total. The molecule has 8 heteroatoms. The summed E-state index contributed by atoms with van der Waals surface area (Å²) in [7, 11) is 0. The van der Waals surface area contributed by atoms with Crippen LogP contribution >= 0.6 is 15.9 Å². The first-order valence-corrected chi connectivity index (χ1v) is 9.70. The van der Waals surface area contributed by atoms with E-state index in [0.29, 0.717) is 0 Å². The van der Waals surface area contributed by atoms with E-state index in [4.69, 9.17) is 5.11 Å². The molecule has 0 heterocycles. The maximum atomic E-state index is 13.4. The van der Waals surface area contributed by atoms with E-state index in [1.807, 2.05) is 24.3 Å². The van der Waals surface area contributed by atoms with E-state index in [-0.39, 0.29) is 24.1 Å². The van der Waals surface area contributed by atoms with Gasteiger partial charge in [-0.1, -0.05) is 28.1 Å². The van der Waals surface area contributed by atoms with Crippen LogP contribution in [0.25, 0.3) is 0 Å². The van der Waals surface area contributed by atoms with E-state index in [0.717, 1.165) is 41.1 Å². The standard InChI is InChI=1S/C20H21BrF2N2O3/c21-14-3-1-2-13(9-14)20(4-5-20)24-11-18(26)17(25-19(27)28)8-12-6-15(22)10-16(23)7-12/h1-3,6-7,9-10,17-18,24-26H,4-5,8,11H2,(H,27,28)/t17-,18-/m0/s1. The van der Waals surface area contributed by atoms with E-state index >= 15 is 0 Å². The third-order valence-corrected chi connectivity index (χ3v) is 5.42. The summed E-state index contributed by atoms with van der Waals surface area (Å²) in [6.45, 7) is 0.134. The predicted octanol–water partition coefficient (Wildman–Crippen LogP) is 3.55. The van der Waals surface area contributed by atoms with Crippen molar-refractivity contribution < 1.29 is 23.8 Å². The second kappa shape index (κ2) is 8.55. The van der Waals surface area contributed by atoms with Gasteiger partial charge in [0, 0.05) is 22.6 Å². The van der Waals surface area contributed by atoms with Crippen LogP contribution in [0.5, 0.6) is 0 Å². The van der Waals surface area contributed by atoms with E-state index in [1.54, 1.807) is 0 Å². The van der Waals surface area contributed by atoms with Crippen LogP contribution in [0.15, 0.2) is 46.9 Å². The molecule has 1 aliphatic carbocycles. The van der Waals surface area contributed by atoms with Crippen molar-refractivity contribution in [2.24, 2.45) is 0 Å². The van der Waals surface area contributed by atoms with Gasteiger partial charge >= 0.3 is 6.09 Å². The third kappa shape index (κ3) is 5.27. The minimum Gasteiger partial charge on any atom is -0.465 e. The van der Waals surface area contributed by atoms with Crippen molar-refractivity contribution >= 4 is 22.0 Å². The van der Waals surface area contributed by atoms with Crippen molar-refractivity contribution in [3.05, 3.63) is 69.7 Å². The summed E-state index contributed by atoms with van der Waals surface area (Å²) >= 11 is 3.45. The van der Waals surface area contributed by atoms with Crippen molar-refractivity contribution in [3.8, 4) is 0 Å². The number of hydrogen-bond acceptors (Lipinski definition) is 3. The van der Waals surface area contributed by atoms with Gasteiger partial charge < -0.3 is 20.8 Å². The van der Waals surface area contributed by atoms with Crippen molar-refractivity contribution in [2.45, 2.75) is 36.9 Å². The molecule has 1 saturated carbocycles. The summed E-state index contributed by atoms with van der Waals surface area (Å²) in [6, 6.07) is 9.96. The first-order valence-electron chi connectivity index (χ1n) is 8.91. The Balaban J connectivity index is 1.68. The third-order valence-electron chi connectivity index (χ3n) is 4.93. The number of nitrogens with one attached hydrogen (secondary N) is 2. The van der Waals surface area contributed by atoms with Gasteiger partial charge in [-0.3, -0.25) is 0 Å². The quantitative estimate of drug-likeness (QED) is 0.491. The molecule has 1 aliphatic rings. The van der Waals surface area contributed by atoms with Gasteiger partial charge in [-0.05, 0) is 54.7 Å². The number of carbonyl (C=O) groups is 1. The molecule has 0 saturated heterocycles. The fraction of sp³-hybridized carbons (Fsp3) is 0.350. The molecule has 2 aromatic rings. The summed E-state index contributed by atoms with van der Waals surface area (Å²) in [4.78, 5) is 11.1. The fourth-order valence-corrected chi connectivity index (χ4v) is 3.74. The molecule has 2 aromatic carbocycles. The highest BCUT2D eigenvalue weighted by Crippen LogP contribution is 2.45. The molecular weight excluding hydrogens is 434 g/mol. The Morgan fingerprint density at radius 1 is 1.18 bits per heavy atom. The Hall–Kier alpha value is -2.03. The fourth-order valence-electron chi connectivity index (χ4n) is 3.35. The summed E-state index contributed by atoms with van der Waals surface area (Å²) in [5.74, 6) is -1.49. The van der Waals surface area contributed by atoms with Crippen LogP contribution in [0.4, 0.5) is 13.6 Å². The van der Waals surface area contributed by atoms with Gasteiger partial charge in [0.05, 0.1) is 12.1 Å². The van der Waals surface area contributed by atoms with Crippen LogP contribution in [-0.4, -0.2) is 35.0 Å². The van der Waals surface area contributed by atoms with Crippen molar-refractivity contribution in [1.82, 2.24) is 10.6 Å². The first kappa shape index (κ1) is 20.7. The molecule has 0 unspecified atom stereocenters. The number of rotatable bonds is 8. The molecule has 0 radical (unpaired) electrons. The van der Waals surface area contributed by atoms with Gasteiger partial charge in [-0.15, -0.1) is 0 Å². The molecule has 0 aromatic heterocycles. The summed E-state index contributed by atoms with van der Waals surface area (Å²) in [6.07, 6.45) is -0.612. The van der Waals surface area contributed by atoms with Crippen molar-refractivity contribution in [3.63, 3.8) is 0 Å². The number of benzene rings is 2. The molecule has 0 bridgehead atoms. The molecular formula is C20H21BrF2N2O3. The zero-order valence-electron chi connectivity index (χ0n) is 15.0. The molecule has 0 aliphatic heterocycles. The Morgan fingerprint density at radius 3 is 2.43 bits per heavy atom. The molecule has 150 valence electrons. The summed E-state index contributed by atoms with van der Waals surface area (Å²) < 4.78 is 27.8. The van der Waals surface area contributed by atoms with Gasteiger partial charge in [-0.2, -0.15) is 0 Å². The van der Waals surface area contributed by atoms with Gasteiger partial charge in [-0.25, -0.2) is 13.6 Å². The van der Waals surface area contributed by atoms with E-state index < -0.39 is 29.9 Å². The second-order valence-corrected chi connectivity index (χ2v) is 7.99. The summed E-state index contributed by atoms with van der Waals surface area (Å²) in [5, 5.41) is 25.2. The van der Waals surface area contributed by atoms with Gasteiger partial charge in [0.25, 0.3) is 0 Å². The van der Waals surface area contributed by atoms with Crippen LogP contribution in [0, 0.1) is 11.6 Å². The minimum absolute atomic E-state index is 0.0340. The number of aliphatic hydroxyl groups excluding tert-OH is 1. The SMILES string of the molecule is O=C(O)N[C@@H](Cc1cc(F)cc(F)c1)[C@@H](O)CNC1(c2cccc(Br)c2)CC1. The molecule has 1 fully saturated rings. The largest absolute Gasteiger partial charge is 0.465 e. The number of amides is 1. The number of aliphatic hydroxyl groups is 1. The van der Waals surface area contributed by atoms with Gasteiger partial charge in [0.15, 0.2) is 0 Å². The van der Waals surface area contributed by atoms with Crippen LogP contribution in [0.2, 0.25) is 0 Å². The highest BCUT2D eigenvalue weighted by molar-refractivity contribution is 9.10. The van der Waals surface area contributed by atoms with E-state index in [2.05, 4.69) is 26.6 Å². The van der Waals surface area contributed by atoms with E-state index in [9.17, 15) is 18.7 Å². The highest BCUT2D eigenvalue weighted by Gasteiger charge is 2.44. The average Bonchev–Trinajstić information content (AvgIpc) is 3.39. The number of carboxylic acid groups (broad SMARTS) is 1. The normalized spacial score (nSPS) is 17.0. The predicted molar refractivity (Wildman–Crippen MR) is 104 cm³/mol. The Kier molecular flexibility index (Phi) is 6.32. The zero-order valence-corrected chi connectivity index (χ0v) is 16.5. The molecule has 5 nitrogen and oxygen atoms in total. The van der Waals surface area contributed by atoms with Crippen molar-refractivity contribution in [2.75, 3.05) is 6.54 Å². The molecule has 0 spiro atoms. The van der Waals surface area contributed by atoms with Crippen molar-refractivity contribution in [1.29, 1.82) is 0 Å². The minimum atomic E-state index is -1.31. The highest BCUT2D eigenvalue weighted by atomic mass is 79.9. The Morgan fingerprint density at radius 2 is 1.86 bits per heavy atom.